The Morgan fingerprint density at radius 3 is 1.88 bits per heavy atom. The summed E-state index contributed by atoms with van der Waals surface area (Å²) in [6.45, 7) is 6.36. The van der Waals surface area contributed by atoms with Gasteiger partial charge in [-0.1, -0.05) is 74.5 Å². The molecular formula is C38H57N7O6. The van der Waals surface area contributed by atoms with E-state index in [9.17, 15) is 29.1 Å². The normalized spacial score (nSPS) is 15.7. The molecule has 1 aliphatic heterocycles. The zero-order chi connectivity index (χ0) is 37.2. The first-order valence-electron chi connectivity index (χ1n) is 18.1. The van der Waals surface area contributed by atoms with Crippen molar-refractivity contribution in [3.63, 3.8) is 0 Å². The van der Waals surface area contributed by atoms with Crippen molar-refractivity contribution in [1.29, 1.82) is 0 Å². The average molecular weight is 708 g/mol. The lowest BCUT2D eigenvalue weighted by molar-refractivity contribution is -0.146. The number of benzene rings is 2. The second kappa shape index (κ2) is 21.8. The number of carbonyl (C=O) groups is 5. The van der Waals surface area contributed by atoms with Crippen molar-refractivity contribution in [1.82, 2.24) is 26.2 Å². The number of aliphatic carboxylic acids is 1. The van der Waals surface area contributed by atoms with Crippen LogP contribution >= 0.6 is 0 Å². The maximum absolute atomic E-state index is 13.9. The van der Waals surface area contributed by atoms with Crippen LogP contribution in [0, 0.1) is 11.8 Å². The molecule has 0 aromatic heterocycles. The topological polar surface area (TPSA) is 209 Å². The van der Waals surface area contributed by atoms with Crippen LogP contribution in [0.3, 0.4) is 0 Å². The molecule has 1 aliphatic rings. The number of carbonyl (C=O) groups excluding carboxylic acids is 4. The maximum Gasteiger partial charge on any atom is 0.306 e. The molecule has 0 saturated carbocycles. The summed E-state index contributed by atoms with van der Waals surface area (Å²) < 4.78 is 0. The summed E-state index contributed by atoms with van der Waals surface area (Å²) in [7, 11) is 0. The average Bonchev–Trinajstić information content (AvgIpc) is 3.12. The molecule has 280 valence electrons. The lowest BCUT2D eigenvalue weighted by atomic mass is 9.96. The number of nitrogens with one attached hydrogen (secondary N) is 4. The lowest BCUT2D eigenvalue weighted by Crippen LogP contribution is -2.59. The monoisotopic (exact) mass is 707 g/mol. The third-order valence-electron chi connectivity index (χ3n) is 9.08. The minimum Gasteiger partial charge on any atom is -0.481 e. The molecule has 0 bridgehead atoms. The van der Waals surface area contributed by atoms with E-state index in [0.717, 1.165) is 17.5 Å². The molecule has 2 aromatic carbocycles. The van der Waals surface area contributed by atoms with E-state index >= 15 is 0 Å². The zero-order valence-electron chi connectivity index (χ0n) is 30.0. The third kappa shape index (κ3) is 14.4. The van der Waals surface area contributed by atoms with Gasteiger partial charge >= 0.3 is 5.97 Å². The van der Waals surface area contributed by atoms with Crippen molar-refractivity contribution in [2.24, 2.45) is 23.3 Å². The fraction of sp³-hybridized carbons (Fsp3) is 0.553. The molecule has 0 radical (unpaired) electrons. The van der Waals surface area contributed by atoms with Crippen molar-refractivity contribution in [2.75, 3.05) is 32.7 Å². The number of hydrogen-bond donors (Lipinski definition) is 7. The van der Waals surface area contributed by atoms with Crippen LogP contribution in [0.25, 0.3) is 0 Å². The summed E-state index contributed by atoms with van der Waals surface area (Å²) in [4.78, 5) is 68.0. The van der Waals surface area contributed by atoms with Gasteiger partial charge in [0.1, 0.15) is 18.1 Å². The first-order chi connectivity index (χ1) is 24.5. The maximum atomic E-state index is 13.9. The number of rotatable bonds is 21. The Balaban J connectivity index is 1.76. The smallest absolute Gasteiger partial charge is 0.306 e. The number of carboxylic acid groups (broad SMARTS) is 1. The minimum absolute atomic E-state index is 0.0142. The Morgan fingerprint density at radius 2 is 1.31 bits per heavy atom. The molecule has 1 heterocycles. The van der Waals surface area contributed by atoms with Crippen LogP contribution in [0.5, 0.6) is 0 Å². The van der Waals surface area contributed by atoms with E-state index in [1.807, 2.05) is 74.5 Å². The molecule has 9 N–H and O–H groups in total. The molecule has 3 rings (SSSR count). The van der Waals surface area contributed by atoms with Gasteiger partial charge in [0, 0.05) is 32.6 Å². The second-order valence-electron chi connectivity index (χ2n) is 13.8. The van der Waals surface area contributed by atoms with Crippen LogP contribution < -0.4 is 32.7 Å². The largest absolute Gasteiger partial charge is 0.481 e. The van der Waals surface area contributed by atoms with Gasteiger partial charge in [0.2, 0.25) is 23.6 Å². The molecule has 51 heavy (non-hydrogen) atoms. The SMILES string of the molecule is CC(C)C[C@@H](NC(=O)[C@@H](Cc1ccccc1)NC(=O)[C@H](N)Cc1ccccc1)C(=O)N[C@H](CCCCNCCN)C(=O)N1CCC(C(=O)O)CC1. The number of nitrogens with two attached hydrogens (primary N) is 2. The van der Waals surface area contributed by atoms with Crippen LogP contribution in [-0.2, 0) is 36.8 Å². The predicted octanol–water partition coefficient (Wildman–Crippen LogP) is 1.34. The summed E-state index contributed by atoms with van der Waals surface area (Å²) in [5, 5.41) is 21.3. The van der Waals surface area contributed by atoms with Crippen molar-refractivity contribution in [3.8, 4) is 0 Å². The van der Waals surface area contributed by atoms with Gasteiger partial charge in [0.25, 0.3) is 0 Å². The molecule has 2 aromatic rings. The molecule has 1 saturated heterocycles. The van der Waals surface area contributed by atoms with E-state index in [1.165, 1.54) is 0 Å². The summed E-state index contributed by atoms with van der Waals surface area (Å²) in [6, 6.07) is 14.9. The second-order valence-corrected chi connectivity index (χ2v) is 13.8. The first kappa shape index (κ1) is 41.1. The minimum atomic E-state index is -1.02. The predicted molar refractivity (Wildman–Crippen MR) is 196 cm³/mol. The molecule has 0 spiro atoms. The van der Waals surface area contributed by atoms with Crippen molar-refractivity contribution in [2.45, 2.75) is 89.4 Å². The Morgan fingerprint density at radius 1 is 0.765 bits per heavy atom. The van der Waals surface area contributed by atoms with Gasteiger partial charge < -0.3 is 42.7 Å². The summed E-state index contributed by atoms with van der Waals surface area (Å²) in [5.41, 5.74) is 13.5. The van der Waals surface area contributed by atoms with Gasteiger partial charge in [-0.05, 0) is 68.5 Å². The van der Waals surface area contributed by atoms with Crippen molar-refractivity contribution in [3.05, 3.63) is 71.8 Å². The van der Waals surface area contributed by atoms with Gasteiger partial charge in [-0.25, -0.2) is 0 Å². The number of amides is 4. The number of likely N-dealkylation sites (tertiary alicyclic amines) is 1. The number of nitrogens with zero attached hydrogens (tertiary/aromatic N) is 1. The van der Waals surface area contributed by atoms with Crippen LogP contribution in [0.1, 0.15) is 63.5 Å². The van der Waals surface area contributed by atoms with Gasteiger partial charge in [0.05, 0.1) is 12.0 Å². The highest BCUT2D eigenvalue weighted by molar-refractivity contribution is 5.95. The Bertz CT molecular complexity index is 1390. The van der Waals surface area contributed by atoms with Crippen molar-refractivity contribution < 1.29 is 29.1 Å². The summed E-state index contributed by atoms with van der Waals surface area (Å²) in [6.07, 6.45) is 3.25. The number of carboxylic acids is 1. The lowest BCUT2D eigenvalue weighted by Gasteiger charge is -2.34. The third-order valence-corrected chi connectivity index (χ3v) is 9.08. The molecule has 0 aliphatic carbocycles. The Kier molecular flexibility index (Phi) is 17.6. The van der Waals surface area contributed by atoms with Gasteiger partial charge in [-0.2, -0.15) is 0 Å². The van der Waals surface area contributed by atoms with E-state index in [-0.39, 0.29) is 24.7 Å². The molecular weight excluding hydrogens is 650 g/mol. The fourth-order valence-corrected chi connectivity index (χ4v) is 6.20. The van der Waals surface area contributed by atoms with E-state index < -0.39 is 53.8 Å². The standard InChI is InChI=1S/C38H57N7O6/c1-26(2)23-32(35(47)42-31(15-9-10-19-41-20-18-39)37(49)45-21-16-29(17-22-45)38(50)51)44-36(48)33(25-28-13-7-4-8-14-28)43-34(46)30(40)24-27-11-5-3-6-12-27/h3-8,11-14,26,29-33,41H,9-10,15-25,39-40H2,1-2H3,(H,42,47)(H,43,46)(H,44,48)(H,50,51)/t30-,31-,32-,33-/m1/s1. The fourth-order valence-electron chi connectivity index (χ4n) is 6.20. The van der Waals surface area contributed by atoms with E-state index in [1.54, 1.807) is 4.90 Å². The number of hydrogen-bond acceptors (Lipinski definition) is 8. The zero-order valence-corrected chi connectivity index (χ0v) is 30.0. The molecule has 4 amide bonds. The highest BCUT2D eigenvalue weighted by Gasteiger charge is 2.34. The Labute approximate surface area is 301 Å². The molecule has 1 fully saturated rings. The van der Waals surface area contributed by atoms with Crippen molar-refractivity contribution >= 4 is 29.6 Å². The number of unbranched alkanes of at least 4 members (excludes halogenated alkanes) is 1. The van der Waals surface area contributed by atoms with Gasteiger partial charge in [-0.15, -0.1) is 0 Å². The molecule has 0 unspecified atom stereocenters. The van der Waals surface area contributed by atoms with Crippen LogP contribution in [0.4, 0.5) is 0 Å². The highest BCUT2D eigenvalue weighted by atomic mass is 16.4. The number of piperidine rings is 1. The van der Waals surface area contributed by atoms with E-state index in [2.05, 4.69) is 21.3 Å². The molecule has 13 heteroatoms. The van der Waals surface area contributed by atoms with Crippen LogP contribution in [0.2, 0.25) is 0 Å². The summed E-state index contributed by atoms with van der Waals surface area (Å²) >= 11 is 0. The summed E-state index contributed by atoms with van der Waals surface area (Å²) in [5.74, 6) is -3.15. The first-order valence-corrected chi connectivity index (χ1v) is 18.1. The van der Waals surface area contributed by atoms with Crippen LogP contribution in [-0.4, -0.2) is 96.5 Å². The Hall–Kier alpha value is -4.33. The van der Waals surface area contributed by atoms with Gasteiger partial charge in [-0.3, -0.25) is 24.0 Å². The highest BCUT2D eigenvalue weighted by Crippen LogP contribution is 2.19. The van der Waals surface area contributed by atoms with E-state index in [4.69, 9.17) is 11.5 Å². The quantitative estimate of drug-likeness (QED) is 0.0933. The molecule has 13 nitrogen and oxygen atoms in total. The van der Waals surface area contributed by atoms with E-state index in [0.29, 0.717) is 64.8 Å². The molecule has 4 atom stereocenters. The van der Waals surface area contributed by atoms with Gasteiger partial charge in [0.15, 0.2) is 0 Å². The van der Waals surface area contributed by atoms with Crippen LogP contribution in [0.15, 0.2) is 60.7 Å².